The molecule has 1 aromatic carbocycles. The van der Waals surface area contributed by atoms with Crippen LogP contribution in [0.2, 0.25) is 0 Å². The summed E-state index contributed by atoms with van der Waals surface area (Å²) in [5.74, 6) is -1.20. The second-order valence-corrected chi connectivity index (χ2v) is 4.13. The fourth-order valence-electron chi connectivity index (χ4n) is 2.16. The van der Waals surface area contributed by atoms with E-state index in [0.29, 0.717) is 0 Å². The van der Waals surface area contributed by atoms with Crippen LogP contribution in [0.3, 0.4) is 0 Å². The summed E-state index contributed by atoms with van der Waals surface area (Å²) in [7, 11) is 0. The highest BCUT2D eigenvalue weighted by atomic mass is 16.4. The monoisotopic (exact) mass is 231 g/mol. The van der Waals surface area contributed by atoms with Crippen LogP contribution in [0.4, 0.5) is 5.69 Å². The summed E-state index contributed by atoms with van der Waals surface area (Å²) in [5, 5.41) is 20.9. The Hall–Kier alpha value is -2.06. The van der Waals surface area contributed by atoms with Crippen LogP contribution in [0.15, 0.2) is 24.3 Å². The molecule has 2 rings (SSSR count). The Kier molecular flexibility index (Phi) is 2.98. The number of hydrogen-bond acceptors (Lipinski definition) is 4. The maximum absolute atomic E-state index is 10.8. The average Bonchev–Trinajstić information content (AvgIpc) is 2.67. The van der Waals surface area contributed by atoms with Crippen molar-refractivity contribution in [3.8, 4) is 6.07 Å². The number of aliphatic carboxylic acids is 1. The zero-order valence-corrected chi connectivity index (χ0v) is 9.13. The molecule has 0 saturated heterocycles. The van der Waals surface area contributed by atoms with Gasteiger partial charge in [0, 0.05) is 11.6 Å². The third-order valence-electron chi connectivity index (χ3n) is 3.04. The number of hydrogen-bond donors (Lipinski definition) is 3. The predicted octanol–water partition coefficient (Wildman–Crippen LogP) is 0.890. The zero-order chi connectivity index (χ0) is 12.4. The highest BCUT2D eigenvalue weighted by Gasteiger charge is 2.34. The van der Waals surface area contributed by atoms with Crippen LogP contribution in [0.25, 0.3) is 0 Å². The van der Waals surface area contributed by atoms with Crippen LogP contribution in [-0.4, -0.2) is 23.2 Å². The number of carboxylic acids is 1. The van der Waals surface area contributed by atoms with E-state index in [0.717, 1.165) is 11.3 Å². The van der Waals surface area contributed by atoms with E-state index in [1.54, 1.807) is 0 Å². The first-order chi connectivity index (χ1) is 8.13. The first kappa shape index (κ1) is 11.4. The molecule has 4 N–H and O–H groups in total. The Labute approximate surface area is 98.9 Å². The van der Waals surface area contributed by atoms with Crippen LogP contribution in [0.5, 0.6) is 0 Å². The van der Waals surface area contributed by atoms with Crippen LogP contribution in [0, 0.1) is 11.3 Å². The van der Waals surface area contributed by atoms with Gasteiger partial charge < -0.3 is 16.2 Å². The maximum atomic E-state index is 10.8. The lowest BCUT2D eigenvalue weighted by Crippen LogP contribution is -2.34. The van der Waals surface area contributed by atoms with Gasteiger partial charge in [0.15, 0.2) is 0 Å². The normalized spacial score (nSPS) is 23.3. The van der Waals surface area contributed by atoms with E-state index in [4.69, 9.17) is 16.1 Å². The summed E-state index contributed by atoms with van der Waals surface area (Å²) in [6, 6.07) is 8.33. The molecule has 3 atom stereocenters. The number of rotatable bonds is 3. The van der Waals surface area contributed by atoms with Crippen molar-refractivity contribution in [3.05, 3.63) is 29.8 Å². The summed E-state index contributed by atoms with van der Waals surface area (Å²) in [5.41, 5.74) is 7.39. The molecule has 1 heterocycles. The number of benzene rings is 1. The molecule has 5 nitrogen and oxygen atoms in total. The molecule has 0 aromatic heterocycles. The number of para-hydroxylation sites is 1. The van der Waals surface area contributed by atoms with Crippen LogP contribution < -0.4 is 11.1 Å². The second-order valence-electron chi connectivity index (χ2n) is 4.13. The summed E-state index contributed by atoms with van der Waals surface area (Å²) >= 11 is 0. The highest BCUT2D eigenvalue weighted by molar-refractivity contribution is 5.73. The van der Waals surface area contributed by atoms with Crippen LogP contribution in [-0.2, 0) is 4.79 Å². The van der Waals surface area contributed by atoms with Crippen molar-refractivity contribution in [2.24, 2.45) is 5.73 Å². The van der Waals surface area contributed by atoms with E-state index in [2.05, 4.69) is 11.4 Å². The van der Waals surface area contributed by atoms with Gasteiger partial charge in [-0.2, -0.15) is 5.26 Å². The van der Waals surface area contributed by atoms with E-state index >= 15 is 0 Å². The van der Waals surface area contributed by atoms with Crippen molar-refractivity contribution < 1.29 is 9.90 Å². The predicted molar refractivity (Wildman–Crippen MR) is 62.4 cm³/mol. The molecule has 1 unspecified atom stereocenters. The van der Waals surface area contributed by atoms with Gasteiger partial charge in [0.25, 0.3) is 0 Å². The number of nitrogens with zero attached hydrogens (tertiary/aromatic N) is 1. The Morgan fingerprint density at radius 3 is 2.94 bits per heavy atom. The fraction of sp³-hybridized carbons (Fsp3) is 0.333. The van der Waals surface area contributed by atoms with Crippen LogP contribution in [0.1, 0.15) is 17.9 Å². The van der Waals surface area contributed by atoms with Crippen molar-refractivity contribution in [3.63, 3.8) is 0 Å². The summed E-state index contributed by atoms with van der Waals surface area (Å²) in [6.07, 6.45) is 0.261. The van der Waals surface area contributed by atoms with Crippen molar-refractivity contribution in [1.29, 1.82) is 5.26 Å². The molecule has 1 aliphatic rings. The minimum atomic E-state index is -1.04. The number of carbonyl (C=O) groups is 1. The molecule has 88 valence electrons. The largest absolute Gasteiger partial charge is 0.480 e. The van der Waals surface area contributed by atoms with Crippen LogP contribution >= 0.6 is 0 Å². The van der Waals surface area contributed by atoms with Gasteiger partial charge in [-0.25, -0.2) is 0 Å². The number of fused-ring (bicyclic) bond motifs is 1. The van der Waals surface area contributed by atoms with Crippen molar-refractivity contribution in [1.82, 2.24) is 0 Å². The number of nitriles is 1. The molecule has 5 heteroatoms. The summed E-state index contributed by atoms with van der Waals surface area (Å²) in [4.78, 5) is 10.8. The molecular weight excluding hydrogens is 218 g/mol. The molecule has 0 radical (unpaired) electrons. The summed E-state index contributed by atoms with van der Waals surface area (Å²) in [6.45, 7) is 0. The standard InChI is InChI=1S/C12H13N3O2/c13-6-11-8(5-9(14)12(16)17)7-3-1-2-4-10(7)15-11/h1-4,8-9,11,15H,5,14H2,(H,16,17)/t8-,9?,11+/m1/s1. The lowest BCUT2D eigenvalue weighted by Gasteiger charge is -2.16. The lowest BCUT2D eigenvalue weighted by molar-refractivity contribution is -0.138. The summed E-state index contributed by atoms with van der Waals surface area (Å²) < 4.78 is 0. The first-order valence-electron chi connectivity index (χ1n) is 5.37. The molecule has 0 spiro atoms. The molecule has 0 aliphatic carbocycles. The van der Waals surface area contributed by atoms with Gasteiger partial charge >= 0.3 is 5.97 Å². The smallest absolute Gasteiger partial charge is 0.320 e. The van der Waals surface area contributed by atoms with Gasteiger partial charge in [0.1, 0.15) is 12.1 Å². The van der Waals surface area contributed by atoms with Gasteiger partial charge in [0.05, 0.1) is 6.07 Å². The number of nitrogens with two attached hydrogens (primary N) is 1. The van der Waals surface area contributed by atoms with Gasteiger partial charge in [-0.15, -0.1) is 0 Å². The molecule has 1 aromatic rings. The van der Waals surface area contributed by atoms with E-state index in [9.17, 15) is 4.79 Å². The third-order valence-corrected chi connectivity index (χ3v) is 3.04. The molecule has 0 saturated carbocycles. The Balaban J connectivity index is 2.25. The average molecular weight is 231 g/mol. The molecule has 0 amide bonds. The van der Waals surface area contributed by atoms with Crippen molar-refractivity contribution in [2.75, 3.05) is 5.32 Å². The van der Waals surface area contributed by atoms with Gasteiger partial charge in [-0.1, -0.05) is 18.2 Å². The Morgan fingerprint density at radius 2 is 2.29 bits per heavy atom. The minimum absolute atomic E-state index is 0.165. The van der Waals surface area contributed by atoms with E-state index in [1.165, 1.54) is 0 Å². The highest BCUT2D eigenvalue weighted by Crippen LogP contribution is 2.38. The lowest BCUT2D eigenvalue weighted by atomic mass is 9.89. The number of carboxylic acid groups (broad SMARTS) is 1. The quantitative estimate of drug-likeness (QED) is 0.717. The Bertz CT molecular complexity index is 481. The van der Waals surface area contributed by atoms with E-state index < -0.39 is 18.1 Å². The maximum Gasteiger partial charge on any atom is 0.320 e. The van der Waals surface area contributed by atoms with Gasteiger partial charge in [-0.3, -0.25) is 4.79 Å². The number of nitrogens with one attached hydrogen (secondary N) is 1. The van der Waals surface area contributed by atoms with Gasteiger partial charge in [0.2, 0.25) is 0 Å². The minimum Gasteiger partial charge on any atom is -0.480 e. The molecule has 0 bridgehead atoms. The second kappa shape index (κ2) is 4.44. The molecular formula is C12H13N3O2. The fourth-order valence-corrected chi connectivity index (χ4v) is 2.16. The topological polar surface area (TPSA) is 99.1 Å². The third kappa shape index (κ3) is 2.08. The van der Waals surface area contributed by atoms with E-state index in [-0.39, 0.29) is 12.3 Å². The molecule has 17 heavy (non-hydrogen) atoms. The molecule has 1 aliphatic heterocycles. The first-order valence-corrected chi connectivity index (χ1v) is 5.37. The van der Waals surface area contributed by atoms with Crippen molar-refractivity contribution >= 4 is 11.7 Å². The Morgan fingerprint density at radius 1 is 1.59 bits per heavy atom. The number of anilines is 1. The zero-order valence-electron chi connectivity index (χ0n) is 9.13. The molecule has 0 fully saturated rings. The van der Waals surface area contributed by atoms with Crippen molar-refractivity contribution in [2.45, 2.75) is 24.4 Å². The van der Waals surface area contributed by atoms with Gasteiger partial charge in [-0.05, 0) is 18.1 Å². The van der Waals surface area contributed by atoms with E-state index in [1.807, 2.05) is 24.3 Å². The SMILES string of the molecule is N#C[C@@H]1Nc2ccccc2[C@H]1CC(N)C(=O)O.